The van der Waals surface area contributed by atoms with E-state index in [9.17, 15) is 23.8 Å². The molecule has 0 rings (SSSR count). The molecule has 0 bridgehead atoms. The van der Waals surface area contributed by atoms with Gasteiger partial charge in [0.05, 0.1) is 13.2 Å². The lowest BCUT2D eigenvalue weighted by Crippen LogP contribution is -2.34. The van der Waals surface area contributed by atoms with E-state index in [4.69, 9.17) is 24.8 Å². The van der Waals surface area contributed by atoms with Crippen LogP contribution in [0.15, 0.2) is 36.5 Å². The molecule has 4 N–H and O–H groups in total. The van der Waals surface area contributed by atoms with Crippen LogP contribution in [0.1, 0.15) is 245 Å². The topological polar surface area (TPSA) is 172 Å². The van der Waals surface area contributed by atoms with Crippen molar-refractivity contribution in [3.63, 3.8) is 0 Å². The molecular formula is C52H96NO10P. The van der Waals surface area contributed by atoms with Crippen molar-refractivity contribution >= 4 is 25.7 Å². The quantitative estimate of drug-likeness (QED) is 0.0229. The Hall–Kier alpha value is -2.30. The van der Waals surface area contributed by atoms with Crippen LogP contribution >= 0.6 is 7.82 Å². The molecule has 374 valence electrons. The summed E-state index contributed by atoms with van der Waals surface area (Å²) in [6, 6.07) is -1.53. The smallest absolute Gasteiger partial charge is 0.472 e. The van der Waals surface area contributed by atoms with Crippen molar-refractivity contribution in [3.05, 3.63) is 36.5 Å². The molecule has 0 aromatic carbocycles. The first kappa shape index (κ1) is 61.7. The van der Waals surface area contributed by atoms with E-state index in [1.165, 1.54) is 154 Å². The minimum Gasteiger partial charge on any atom is -0.480 e. The van der Waals surface area contributed by atoms with E-state index >= 15 is 0 Å². The molecular weight excluding hydrogens is 830 g/mol. The summed E-state index contributed by atoms with van der Waals surface area (Å²) in [5, 5.41) is 8.92. The van der Waals surface area contributed by atoms with Crippen LogP contribution in [0.5, 0.6) is 0 Å². The highest BCUT2D eigenvalue weighted by molar-refractivity contribution is 7.47. The number of phosphoric ester groups is 1. The molecule has 0 aliphatic rings. The van der Waals surface area contributed by atoms with Gasteiger partial charge in [0.15, 0.2) is 6.10 Å². The number of allylic oxidation sites excluding steroid dienone is 6. The Morgan fingerprint density at radius 2 is 0.812 bits per heavy atom. The molecule has 0 heterocycles. The zero-order chi connectivity index (χ0) is 47.0. The van der Waals surface area contributed by atoms with E-state index in [1.807, 2.05) is 0 Å². The Morgan fingerprint density at radius 1 is 0.469 bits per heavy atom. The Balaban J connectivity index is 4.28. The number of aliphatic carboxylic acids is 1. The first-order chi connectivity index (χ1) is 31.1. The number of ether oxygens (including phenoxy) is 2. The molecule has 0 radical (unpaired) electrons. The molecule has 0 saturated heterocycles. The third-order valence-electron chi connectivity index (χ3n) is 11.3. The predicted molar refractivity (Wildman–Crippen MR) is 263 cm³/mol. The molecule has 3 atom stereocenters. The van der Waals surface area contributed by atoms with E-state index in [-0.39, 0.29) is 19.4 Å². The highest BCUT2D eigenvalue weighted by atomic mass is 31.2. The van der Waals surface area contributed by atoms with Gasteiger partial charge in [0.25, 0.3) is 0 Å². The number of carboxylic acids is 1. The molecule has 11 nitrogen and oxygen atoms in total. The van der Waals surface area contributed by atoms with Gasteiger partial charge in [-0.15, -0.1) is 0 Å². The van der Waals surface area contributed by atoms with Crippen molar-refractivity contribution in [1.82, 2.24) is 0 Å². The van der Waals surface area contributed by atoms with Gasteiger partial charge in [0, 0.05) is 12.8 Å². The number of phosphoric acid groups is 1. The zero-order valence-electron chi connectivity index (χ0n) is 40.9. The minimum absolute atomic E-state index is 0.102. The van der Waals surface area contributed by atoms with Crippen molar-refractivity contribution in [2.75, 3.05) is 19.8 Å². The molecule has 12 heteroatoms. The van der Waals surface area contributed by atoms with Gasteiger partial charge in [-0.05, 0) is 70.6 Å². The average molecular weight is 926 g/mol. The van der Waals surface area contributed by atoms with Crippen LogP contribution in [0.3, 0.4) is 0 Å². The number of esters is 2. The molecule has 0 amide bonds. The van der Waals surface area contributed by atoms with Gasteiger partial charge in [-0.25, -0.2) is 4.57 Å². The van der Waals surface area contributed by atoms with Gasteiger partial charge in [-0.2, -0.15) is 0 Å². The van der Waals surface area contributed by atoms with Crippen molar-refractivity contribution < 1.29 is 47.5 Å². The van der Waals surface area contributed by atoms with Gasteiger partial charge < -0.3 is 25.2 Å². The van der Waals surface area contributed by atoms with E-state index in [1.54, 1.807) is 0 Å². The molecule has 0 aromatic heterocycles. The minimum atomic E-state index is -4.73. The second kappa shape index (κ2) is 47.2. The Kier molecular flexibility index (Phi) is 45.5. The van der Waals surface area contributed by atoms with Crippen LogP contribution < -0.4 is 5.73 Å². The summed E-state index contributed by atoms with van der Waals surface area (Å²) in [6.45, 7) is 2.80. The van der Waals surface area contributed by atoms with Crippen LogP contribution in [-0.4, -0.2) is 59.9 Å². The van der Waals surface area contributed by atoms with E-state index in [2.05, 4.69) is 54.8 Å². The van der Waals surface area contributed by atoms with Crippen LogP contribution in [0.4, 0.5) is 0 Å². The summed E-state index contributed by atoms with van der Waals surface area (Å²) in [6.07, 6.45) is 53.7. The normalized spacial score (nSPS) is 13.8. The van der Waals surface area contributed by atoms with Gasteiger partial charge in [0.1, 0.15) is 12.6 Å². The predicted octanol–water partition coefficient (Wildman–Crippen LogP) is 14.7. The summed E-state index contributed by atoms with van der Waals surface area (Å²) in [7, 11) is -4.73. The van der Waals surface area contributed by atoms with Crippen molar-refractivity contribution in [2.24, 2.45) is 5.73 Å². The number of carbonyl (C=O) groups excluding carboxylic acids is 2. The largest absolute Gasteiger partial charge is 0.480 e. The lowest BCUT2D eigenvalue weighted by molar-refractivity contribution is -0.161. The average Bonchev–Trinajstić information content (AvgIpc) is 3.27. The SMILES string of the molecule is CCCCCCCC/C=C/CCCCCCCCCC(=O)OC[C@@H](COP(=O)(O)OC[C@H](N)C(=O)O)OC(=O)CCC/C=C/CC/C=C/CCCCCCCCCCCCCCCC. The second-order valence-corrected chi connectivity index (χ2v) is 19.1. The maximum Gasteiger partial charge on any atom is 0.472 e. The Labute approximate surface area is 391 Å². The number of carbonyl (C=O) groups is 3. The second-order valence-electron chi connectivity index (χ2n) is 17.6. The maximum atomic E-state index is 12.7. The number of hydrogen-bond donors (Lipinski definition) is 3. The molecule has 0 saturated carbocycles. The Bertz CT molecular complexity index is 1220. The van der Waals surface area contributed by atoms with Gasteiger partial charge in [0.2, 0.25) is 0 Å². The fraction of sp³-hybridized carbons (Fsp3) is 0.827. The number of rotatable bonds is 49. The van der Waals surface area contributed by atoms with Crippen molar-refractivity contribution in [1.29, 1.82) is 0 Å². The summed E-state index contributed by atoms with van der Waals surface area (Å²) < 4.78 is 32.8. The van der Waals surface area contributed by atoms with Crippen molar-refractivity contribution in [2.45, 2.75) is 257 Å². The standard InChI is InChI=1S/C52H96NO10P/c1-3-5-7-9-11-13-15-17-19-21-22-23-24-25-26-28-30-32-34-36-38-40-42-44-51(55)63-48(46-61-64(58,59)62-47-49(53)52(56)57)45-60-50(54)43-41-39-37-35-33-31-29-27-20-18-16-14-12-10-8-6-4-2/h18,20,28,30,36,38,48-49H,3-17,19,21-27,29,31-35,37,39-47,53H2,1-2H3,(H,56,57)(H,58,59)/b20-18+,30-28+,38-36+/t48-,49-/m0/s1. The molecule has 0 spiro atoms. The van der Waals surface area contributed by atoms with Crippen LogP contribution in [0, 0.1) is 0 Å². The summed E-state index contributed by atoms with van der Waals surface area (Å²) in [5.41, 5.74) is 5.35. The number of hydrogen-bond acceptors (Lipinski definition) is 9. The fourth-order valence-electron chi connectivity index (χ4n) is 7.26. The van der Waals surface area contributed by atoms with Gasteiger partial charge in [-0.1, -0.05) is 198 Å². The van der Waals surface area contributed by atoms with E-state index < -0.39 is 51.1 Å². The molecule has 0 aromatic rings. The molecule has 0 aliphatic carbocycles. The highest BCUT2D eigenvalue weighted by Crippen LogP contribution is 2.43. The third kappa shape index (κ3) is 46.2. The number of unbranched alkanes of at least 4 members (excludes halogenated alkanes) is 29. The summed E-state index contributed by atoms with van der Waals surface area (Å²) >= 11 is 0. The molecule has 1 unspecified atom stereocenters. The van der Waals surface area contributed by atoms with E-state index in [0.717, 1.165) is 44.9 Å². The molecule has 64 heavy (non-hydrogen) atoms. The van der Waals surface area contributed by atoms with Crippen LogP contribution in [-0.2, 0) is 37.5 Å². The fourth-order valence-corrected chi connectivity index (χ4v) is 8.04. The lowest BCUT2D eigenvalue weighted by Gasteiger charge is -2.20. The number of carboxylic acid groups (broad SMARTS) is 1. The zero-order valence-corrected chi connectivity index (χ0v) is 41.8. The highest BCUT2D eigenvalue weighted by Gasteiger charge is 2.28. The summed E-state index contributed by atoms with van der Waals surface area (Å²) in [5.74, 6) is -2.43. The first-order valence-electron chi connectivity index (χ1n) is 26.0. The van der Waals surface area contributed by atoms with Crippen LogP contribution in [0.2, 0.25) is 0 Å². The lowest BCUT2D eigenvalue weighted by atomic mass is 10.0. The van der Waals surface area contributed by atoms with Crippen molar-refractivity contribution in [3.8, 4) is 0 Å². The maximum absolute atomic E-state index is 12.7. The van der Waals surface area contributed by atoms with Gasteiger partial charge >= 0.3 is 25.7 Å². The first-order valence-corrected chi connectivity index (χ1v) is 27.5. The molecule has 0 aliphatic heterocycles. The third-order valence-corrected chi connectivity index (χ3v) is 12.3. The van der Waals surface area contributed by atoms with E-state index in [0.29, 0.717) is 19.3 Å². The van der Waals surface area contributed by atoms with Crippen LogP contribution in [0.25, 0.3) is 0 Å². The summed E-state index contributed by atoms with van der Waals surface area (Å²) in [4.78, 5) is 46.1. The molecule has 0 fully saturated rings. The monoisotopic (exact) mass is 926 g/mol. The Morgan fingerprint density at radius 3 is 1.23 bits per heavy atom. The van der Waals surface area contributed by atoms with Gasteiger partial charge in [-0.3, -0.25) is 23.4 Å². The number of nitrogens with two attached hydrogens (primary N) is 1.